The van der Waals surface area contributed by atoms with E-state index in [-0.39, 0.29) is 5.91 Å². The lowest BCUT2D eigenvalue weighted by Crippen LogP contribution is -2.47. The van der Waals surface area contributed by atoms with Crippen molar-refractivity contribution < 1.29 is 14.7 Å². The first-order chi connectivity index (χ1) is 9.08. The summed E-state index contributed by atoms with van der Waals surface area (Å²) in [6.45, 7) is 0.507. The number of piperidine rings is 1. The van der Waals surface area contributed by atoms with E-state index in [1.807, 2.05) is 0 Å². The second-order valence-corrected chi connectivity index (χ2v) is 4.66. The maximum atomic E-state index is 12.0. The van der Waals surface area contributed by atoms with E-state index in [1.54, 1.807) is 30.2 Å². The van der Waals surface area contributed by atoms with Crippen molar-refractivity contribution in [3.63, 3.8) is 0 Å². The van der Waals surface area contributed by atoms with Gasteiger partial charge in [-0.15, -0.1) is 0 Å². The van der Waals surface area contributed by atoms with Crippen LogP contribution in [-0.4, -0.2) is 44.3 Å². The topological polar surface area (TPSA) is 75.4 Å². The molecule has 6 heteroatoms. The number of carboxylic acids is 1. The van der Waals surface area contributed by atoms with Crippen molar-refractivity contribution in [3.8, 4) is 0 Å². The van der Waals surface area contributed by atoms with Gasteiger partial charge < -0.3 is 10.0 Å². The highest BCUT2D eigenvalue weighted by molar-refractivity contribution is 5.94. The van der Waals surface area contributed by atoms with E-state index < -0.39 is 12.0 Å². The second kappa shape index (κ2) is 5.69. The predicted octanol–water partition coefficient (Wildman–Crippen LogP) is 0.899. The van der Waals surface area contributed by atoms with Gasteiger partial charge in [-0.2, -0.15) is 5.10 Å². The summed E-state index contributed by atoms with van der Waals surface area (Å²) in [4.78, 5) is 24.6. The number of aryl methyl sites for hydroxylation is 1. The first-order valence-corrected chi connectivity index (χ1v) is 6.28. The third-order valence-corrected chi connectivity index (χ3v) is 3.21. The van der Waals surface area contributed by atoms with Crippen molar-refractivity contribution >= 4 is 18.0 Å². The van der Waals surface area contributed by atoms with Gasteiger partial charge in [-0.1, -0.05) is 0 Å². The molecule has 19 heavy (non-hydrogen) atoms. The lowest BCUT2D eigenvalue weighted by Gasteiger charge is -2.32. The molecule has 1 saturated heterocycles. The molecule has 0 saturated carbocycles. The largest absolute Gasteiger partial charge is 0.480 e. The van der Waals surface area contributed by atoms with Gasteiger partial charge in [0.05, 0.1) is 6.20 Å². The zero-order valence-electron chi connectivity index (χ0n) is 10.8. The third-order valence-electron chi connectivity index (χ3n) is 3.21. The molecule has 1 aromatic heterocycles. The van der Waals surface area contributed by atoms with Crippen LogP contribution in [0.1, 0.15) is 24.8 Å². The molecular formula is C13H17N3O3. The third kappa shape index (κ3) is 3.21. The first-order valence-electron chi connectivity index (χ1n) is 6.28. The summed E-state index contributed by atoms with van der Waals surface area (Å²) in [7, 11) is 1.80. The zero-order chi connectivity index (χ0) is 13.8. The fraction of sp³-hybridized carbons (Fsp3) is 0.462. The lowest BCUT2D eigenvalue weighted by atomic mass is 10.0. The second-order valence-electron chi connectivity index (χ2n) is 4.66. The monoisotopic (exact) mass is 263 g/mol. The van der Waals surface area contributed by atoms with Gasteiger partial charge in [0, 0.05) is 31.4 Å². The predicted molar refractivity (Wildman–Crippen MR) is 69.2 cm³/mol. The fourth-order valence-corrected chi connectivity index (χ4v) is 2.24. The molecule has 2 rings (SSSR count). The van der Waals surface area contributed by atoms with Gasteiger partial charge in [-0.25, -0.2) is 4.79 Å². The van der Waals surface area contributed by atoms with Crippen molar-refractivity contribution in [1.29, 1.82) is 0 Å². The van der Waals surface area contributed by atoms with Crippen LogP contribution in [0.25, 0.3) is 6.08 Å². The highest BCUT2D eigenvalue weighted by Crippen LogP contribution is 2.17. The van der Waals surface area contributed by atoms with Crippen molar-refractivity contribution in [2.75, 3.05) is 6.54 Å². The maximum Gasteiger partial charge on any atom is 0.326 e. The molecule has 0 aliphatic carbocycles. The minimum absolute atomic E-state index is 0.254. The number of aliphatic carboxylic acids is 1. The zero-order valence-corrected chi connectivity index (χ0v) is 10.8. The van der Waals surface area contributed by atoms with Crippen molar-refractivity contribution in [3.05, 3.63) is 24.0 Å². The van der Waals surface area contributed by atoms with E-state index >= 15 is 0 Å². The standard InChI is InChI=1S/C13H17N3O3/c1-15-9-10(8-14-15)5-6-12(17)16-7-3-2-4-11(16)13(18)19/h5-6,8-9,11H,2-4,7H2,1H3,(H,18,19)/t11-/m1/s1. The van der Waals surface area contributed by atoms with Crippen LogP contribution in [0.4, 0.5) is 0 Å². The molecule has 1 aliphatic rings. The number of carbonyl (C=O) groups is 2. The molecule has 0 spiro atoms. The van der Waals surface area contributed by atoms with Gasteiger partial charge in [0.1, 0.15) is 6.04 Å². The summed E-state index contributed by atoms with van der Waals surface area (Å²) >= 11 is 0. The summed E-state index contributed by atoms with van der Waals surface area (Å²) in [6.07, 6.45) is 8.75. The molecule has 1 atom stereocenters. The number of hydrogen-bond acceptors (Lipinski definition) is 3. The van der Waals surface area contributed by atoms with Crippen molar-refractivity contribution in [2.24, 2.45) is 7.05 Å². The Morgan fingerprint density at radius 1 is 1.47 bits per heavy atom. The molecule has 0 bridgehead atoms. The van der Waals surface area contributed by atoms with Crippen LogP contribution in [0, 0.1) is 0 Å². The summed E-state index contributed by atoms with van der Waals surface area (Å²) in [5, 5.41) is 13.1. The smallest absolute Gasteiger partial charge is 0.326 e. The Bertz CT molecular complexity index is 507. The van der Waals surface area contributed by atoms with Crippen LogP contribution in [0.15, 0.2) is 18.5 Å². The average Bonchev–Trinajstić information content (AvgIpc) is 2.81. The molecule has 1 N–H and O–H groups in total. The summed E-state index contributed by atoms with van der Waals surface area (Å²) < 4.78 is 1.64. The number of hydrogen-bond donors (Lipinski definition) is 1. The lowest BCUT2D eigenvalue weighted by molar-refractivity contribution is -0.150. The summed E-state index contributed by atoms with van der Waals surface area (Å²) in [6, 6.07) is -0.695. The summed E-state index contributed by atoms with van der Waals surface area (Å²) in [5.74, 6) is -1.18. The number of carboxylic acid groups (broad SMARTS) is 1. The Hall–Kier alpha value is -2.11. The number of aromatic nitrogens is 2. The van der Waals surface area contributed by atoms with Gasteiger partial charge >= 0.3 is 5.97 Å². The number of nitrogens with zero attached hydrogens (tertiary/aromatic N) is 3. The molecule has 1 aliphatic heterocycles. The minimum Gasteiger partial charge on any atom is -0.480 e. The highest BCUT2D eigenvalue weighted by atomic mass is 16.4. The van der Waals surface area contributed by atoms with E-state index in [2.05, 4.69) is 5.10 Å². The quantitative estimate of drug-likeness (QED) is 0.822. The number of likely N-dealkylation sites (tertiary alicyclic amines) is 1. The number of carbonyl (C=O) groups excluding carboxylic acids is 1. The highest BCUT2D eigenvalue weighted by Gasteiger charge is 2.30. The molecule has 1 aromatic rings. The van der Waals surface area contributed by atoms with Gasteiger partial charge in [0.2, 0.25) is 5.91 Å². The van der Waals surface area contributed by atoms with Gasteiger partial charge in [-0.05, 0) is 25.3 Å². The van der Waals surface area contributed by atoms with Crippen molar-refractivity contribution in [2.45, 2.75) is 25.3 Å². The van der Waals surface area contributed by atoms with Crippen LogP contribution in [0.5, 0.6) is 0 Å². The van der Waals surface area contributed by atoms with Crippen LogP contribution >= 0.6 is 0 Å². The fourth-order valence-electron chi connectivity index (χ4n) is 2.24. The number of rotatable bonds is 3. The minimum atomic E-state index is -0.928. The maximum absolute atomic E-state index is 12.0. The van der Waals surface area contributed by atoms with E-state index in [1.165, 1.54) is 11.0 Å². The van der Waals surface area contributed by atoms with Crippen LogP contribution < -0.4 is 0 Å². The Balaban J connectivity index is 2.05. The van der Waals surface area contributed by atoms with E-state index in [9.17, 15) is 9.59 Å². The molecule has 2 heterocycles. The van der Waals surface area contributed by atoms with E-state index in [4.69, 9.17) is 5.11 Å². The van der Waals surface area contributed by atoms with Gasteiger partial charge in [0.15, 0.2) is 0 Å². The van der Waals surface area contributed by atoms with Gasteiger partial charge in [-0.3, -0.25) is 9.48 Å². The molecule has 102 valence electrons. The Morgan fingerprint density at radius 2 is 2.26 bits per heavy atom. The Kier molecular flexibility index (Phi) is 3.99. The van der Waals surface area contributed by atoms with E-state index in [0.29, 0.717) is 13.0 Å². The SMILES string of the molecule is Cn1cc(C=CC(=O)N2CCCC[C@@H]2C(=O)O)cn1. The van der Waals surface area contributed by atoms with Crippen molar-refractivity contribution in [1.82, 2.24) is 14.7 Å². The normalized spacial score (nSPS) is 19.8. The Labute approximate surface area is 111 Å². The molecule has 0 radical (unpaired) electrons. The first kappa shape index (κ1) is 13.3. The van der Waals surface area contributed by atoms with Crippen LogP contribution in [-0.2, 0) is 16.6 Å². The van der Waals surface area contributed by atoms with Crippen LogP contribution in [0.3, 0.4) is 0 Å². The number of amides is 1. The van der Waals surface area contributed by atoms with Crippen LogP contribution in [0.2, 0.25) is 0 Å². The van der Waals surface area contributed by atoms with E-state index in [0.717, 1.165) is 18.4 Å². The molecule has 6 nitrogen and oxygen atoms in total. The molecule has 0 unspecified atom stereocenters. The molecule has 1 amide bonds. The molecule has 1 fully saturated rings. The summed E-state index contributed by atoms with van der Waals surface area (Å²) in [5.41, 5.74) is 0.819. The molecular weight excluding hydrogens is 246 g/mol. The average molecular weight is 263 g/mol. The molecule has 0 aromatic carbocycles. The Morgan fingerprint density at radius 3 is 2.89 bits per heavy atom. The van der Waals surface area contributed by atoms with Gasteiger partial charge in [0.25, 0.3) is 0 Å².